The van der Waals surface area contributed by atoms with Crippen LogP contribution in [0.3, 0.4) is 0 Å². The fourth-order valence-corrected chi connectivity index (χ4v) is 3.69. The molecule has 2 atom stereocenters. The largest absolute Gasteiger partial charge is 0.353 e. The van der Waals surface area contributed by atoms with Crippen molar-refractivity contribution in [2.24, 2.45) is 5.92 Å². The first-order valence-corrected chi connectivity index (χ1v) is 11.7. The Kier molecular flexibility index (Phi) is 16.0. The van der Waals surface area contributed by atoms with Crippen molar-refractivity contribution in [3.63, 3.8) is 0 Å². The van der Waals surface area contributed by atoms with Crippen molar-refractivity contribution in [2.75, 3.05) is 0 Å². The van der Waals surface area contributed by atoms with E-state index >= 15 is 0 Å². The van der Waals surface area contributed by atoms with E-state index in [0.29, 0.717) is 12.3 Å². The number of hydrogen-bond acceptors (Lipinski definition) is 4. The smallest absolute Gasteiger partial charge is 0.222 e. The van der Waals surface area contributed by atoms with E-state index in [1.165, 1.54) is 26.7 Å². The third-order valence-electron chi connectivity index (χ3n) is 5.22. The maximum Gasteiger partial charge on any atom is 0.222 e. The highest BCUT2D eigenvalue weighted by Crippen LogP contribution is 2.14. The molecule has 0 aliphatic heterocycles. The van der Waals surface area contributed by atoms with Crippen LogP contribution in [0.2, 0.25) is 0 Å². The number of rotatable bonds is 18. The molecule has 0 aromatic rings. The molecule has 0 bridgehead atoms. The fourth-order valence-electron chi connectivity index (χ4n) is 3.69. The van der Waals surface area contributed by atoms with E-state index in [9.17, 15) is 19.2 Å². The van der Waals surface area contributed by atoms with Crippen LogP contribution >= 0.6 is 0 Å². The van der Waals surface area contributed by atoms with Gasteiger partial charge in [0.25, 0.3) is 0 Å². The molecule has 0 aromatic heterocycles. The van der Waals surface area contributed by atoms with E-state index in [1.807, 2.05) is 0 Å². The first kappa shape index (κ1) is 28.3. The monoisotopic (exact) mass is 424 g/mol. The molecule has 2 N–H and O–H groups in total. The number of hydrogen-bond donors (Lipinski definition) is 2. The van der Waals surface area contributed by atoms with Gasteiger partial charge in [0.2, 0.25) is 11.8 Å². The molecule has 0 rings (SSSR count). The minimum atomic E-state index is -0.474. The Balaban J connectivity index is 4.77. The molecule has 0 radical (unpaired) electrons. The van der Waals surface area contributed by atoms with Crippen molar-refractivity contribution in [1.82, 2.24) is 10.6 Å². The van der Waals surface area contributed by atoms with E-state index in [-0.39, 0.29) is 48.7 Å². The SMILES string of the molecule is CCCCCC(C)CC(=O)NC(CCCCC)CC(=O)NC(CC(C)=O)CC(C)=O. The van der Waals surface area contributed by atoms with E-state index in [1.54, 1.807) is 0 Å². The molecular weight excluding hydrogens is 380 g/mol. The molecule has 0 fully saturated rings. The average molecular weight is 425 g/mol. The topological polar surface area (TPSA) is 92.3 Å². The summed E-state index contributed by atoms with van der Waals surface area (Å²) in [6.07, 6.45) is 9.31. The van der Waals surface area contributed by atoms with Crippen molar-refractivity contribution in [1.29, 1.82) is 0 Å². The van der Waals surface area contributed by atoms with Crippen molar-refractivity contribution < 1.29 is 19.2 Å². The van der Waals surface area contributed by atoms with Gasteiger partial charge in [-0.15, -0.1) is 0 Å². The van der Waals surface area contributed by atoms with Gasteiger partial charge >= 0.3 is 0 Å². The Hall–Kier alpha value is -1.72. The van der Waals surface area contributed by atoms with Crippen LogP contribution in [0.5, 0.6) is 0 Å². The lowest BCUT2D eigenvalue weighted by atomic mass is 9.98. The zero-order valence-corrected chi connectivity index (χ0v) is 19.9. The van der Waals surface area contributed by atoms with Gasteiger partial charge in [0.1, 0.15) is 11.6 Å². The minimum absolute atomic E-state index is 0.00248. The van der Waals surface area contributed by atoms with Gasteiger partial charge in [-0.2, -0.15) is 0 Å². The molecule has 0 aliphatic rings. The lowest BCUT2D eigenvalue weighted by Crippen LogP contribution is -2.43. The number of nitrogens with one attached hydrogen (secondary N) is 2. The van der Waals surface area contributed by atoms with Crippen molar-refractivity contribution in [2.45, 2.75) is 124 Å². The van der Waals surface area contributed by atoms with Gasteiger partial charge in [-0.25, -0.2) is 0 Å². The number of amides is 2. The molecular formula is C24H44N2O4. The molecule has 0 saturated carbocycles. The minimum Gasteiger partial charge on any atom is -0.353 e. The lowest BCUT2D eigenvalue weighted by Gasteiger charge is -2.22. The molecule has 2 amide bonds. The Morgan fingerprint density at radius 1 is 0.633 bits per heavy atom. The van der Waals surface area contributed by atoms with Crippen LogP contribution in [0.1, 0.15) is 112 Å². The predicted molar refractivity (Wildman–Crippen MR) is 121 cm³/mol. The van der Waals surface area contributed by atoms with Crippen molar-refractivity contribution >= 4 is 23.4 Å². The third kappa shape index (κ3) is 16.1. The number of unbranched alkanes of at least 4 members (excludes halogenated alkanes) is 4. The lowest BCUT2D eigenvalue weighted by molar-refractivity contribution is -0.124. The second-order valence-corrected chi connectivity index (χ2v) is 8.85. The summed E-state index contributed by atoms with van der Waals surface area (Å²) in [6.45, 7) is 9.29. The zero-order valence-electron chi connectivity index (χ0n) is 19.9. The average Bonchev–Trinajstić information content (AvgIpc) is 2.60. The van der Waals surface area contributed by atoms with Crippen LogP contribution in [0, 0.1) is 5.92 Å². The highest BCUT2D eigenvalue weighted by atomic mass is 16.2. The predicted octanol–water partition coefficient (Wildman–Crippen LogP) is 4.49. The van der Waals surface area contributed by atoms with Gasteiger partial charge in [0.15, 0.2) is 0 Å². The summed E-state index contributed by atoms with van der Waals surface area (Å²) in [5, 5.41) is 5.87. The summed E-state index contributed by atoms with van der Waals surface area (Å²) >= 11 is 0. The molecule has 2 unspecified atom stereocenters. The van der Waals surface area contributed by atoms with Crippen molar-refractivity contribution in [3.8, 4) is 0 Å². The molecule has 0 heterocycles. The summed E-state index contributed by atoms with van der Waals surface area (Å²) in [5.74, 6) is -0.0207. The summed E-state index contributed by atoms with van der Waals surface area (Å²) < 4.78 is 0. The maximum atomic E-state index is 12.6. The summed E-state index contributed by atoms with van der Waals surface area (Å²) in [7, 11) is 0. The van der Waals surface area contributed by atoms with Crippen molar-refractivity contribution in [3.05, 3.63) is 0 Å². The van der Waals surface area contributed by atoms with E-state index in [0.717, 1.165) is 38.5 Å². The van der Waals surface area contributed by atoms with Crippen LogP contribution in [0.15, 0.2) is 0 Å². The first-order valence-electron chi connectivity index (χ1n) is 11.7. The molecule has 174 valence electrons. The Bertz CT molecular complexity index is 517. The summed E-state index contributed by atoms with van der Waals surface area (Å²) in [5.41, 5.74) is 0. The molecule has 0 saturated heterocycles. The second-order valence-electron chi connectivity index (χ2n) is 8.85. The molecule has 6 heteroatoms. The molecule has 0 spiro atoms. The first-order chi connectivity index (χ1) is 14.2. The third-order valence-corrected chi connectivity index (χ3v) is 5.22. The standard InChI is InChI=1S/C24H44N2O4/c1-6-8-10-12-18(3)14-23(29)25-21(13-11-9-7-2)17-24(30)26-22(15-19(4)27)16-20(5)28/h18,21-22H,6-17H2,1-5H3,(H,25,29)(H,26,30). The Morgan fingerprint density at radius 3 is 1.60 bits per heavy atom. The summed E-state index contributed by atoms with van der Waals surface area (Å²) in [6, 6.07) is -0.694. The van der Waals surface area contributed by atoms with Crippen LogP contribution in [0.4, 0.5) is 0 Å². The van der Waals surface area contributed by atoms with Gasteiger partial charge < -0.3 is 10.6 Å². The number of carbonyl (C=O) groups excluding carboxylic acids is 4. The number of Topliss-reactive ketones (excluding diaryl/α,β-unsaturated/α-hetero) is 2. The van der Waals surface area contributed by atoms with E-state index < -0.39 is 6.04 Å². The Morgan fingerprint density at radius 2 is 1.10 bits per heavy atom. The highest BCUT2D eigenvalue weighted by molar-refractivity contribution is 5.83. The van der Waals surface area contributed by atoms with Crippen LogP contribution in [-0.2, 0) is 19.2 Å². The van der Waals surface area contributed by atoms with Gasteiger partial charge in [-0.3, -0.25) is 19.2 Å². The maximum absolute atomic E-state index is 12.6. The molecule has 6 nitrogen and oxygen atoms in total. The normalized spacial score (nSPS) is 13.0. The Labute approximate surface area is 183 Å². The van der Waals surface area contributed by atoms with Gasteiger partial charge in [0, 0.05) is 37.8 Å². The van der Waals surface area contributed by atoms with Crippen LogP contribution in [-0.4, -0.2) is 35.5 Å². The van der Waals surface area contributed by atoms with E-state index in [2.05, 4.69) is 31.4 Å². The second kappa shape index (κ2) is 17.0. The molecule has 0 aliphatic carbocycles. The summed E-state index contributed by atoms with van der Waals surface area (Å²) in [4.78, 5) is 47.9. The highest BCUT2D eigenvalue weighted by Gasteiger charge is 2.21. The quantitative estimate of drug-likeness (QED) is 0.317. The van der Waals surface area contributed by atoms with Gasteiger partial charge in [-0.05, 0) is 26.2 Å². The number of ketones is 2. The number of carbonyl (C=O) groups is 4. The van der Waals surface area contributed by atoms with E-state index in [4.69, 9.17) is 0 Å². The molecule has 30 heavy (non-hydrogen) atoms. The van der Waals surface area contributed by atoms with Gasteiger partial charge in [0.05, 0.1) is 0 Å². The molecule has 0 aromatic carbocycles. The fraction of sp³-hybridized carbons (Fsp3) is 0.833. The van der Waals surface area contributed by atoms with Crippen LogP contribution < -0.4 is 10.6 Å². The van der Waals surface area contributed by atoms with Gasteiger partial charge in [-0.1, -0.05) is 65.7 Å². The van der Waals surface area contributed by atoms with Crippen LogP contribution in [0.25, 0.3) is 0 Å². The zero-order chi connectivity index (χ0) is 22.9.